The molecule has 0 aromatic heterocycles. The van der Waals surface area contributed by atoms with E-state index in [-0.39, 0.29) is 42.7 Å². The van der Waals surface area contributed by atoms with Crippen molar-refractivity contribution in [2.75, 3.05) is 77.3 Å². The summed E-state index contributed by atoms with van der Waals surface area (Å²) in [6.07, 6.45) is 4.01. The lowest BCUT2D eigenvalue weighted by Crippen LogP contribution is -2.44. The number of amides is 2. The summed E-state index contributed by atoms with van der Waals surface area (Å²) in [6.45, 7) is 7.75. The van der Waals surface area contributed by atoms with Gasteiger partial charge in [0.1, 0.15) is 29.3 Å². The van der Waals surface area contributed by atoms with Crippen LogP contribution in [0.25, 0.3) is 0 Å². The van der Waals surface area contributed by atoms with Gasteiger partial charge in [0.15, 0.2) is 0 Å². The Labute approximate surface area is 319 Å². The van der Waals surface area contributed by atoms with Crippen LogP contribution >= 0.6 is 24.8 Å². The molecule has 0 aliphatic carbocycles. The van der Waals surface area contributed by atoms with Crippen LogP contribution in [0.15, 0.2) is 66.4 Å². The van der Waals surface area contributed by atoms with Gasteiger partial charge in [-0.05, 0) is 107 Å². The van der Waals surface area contributed by atoms with Crippen LogP contribution in [0.4, 0.5) is 11.4 Å². The first kappa shape index (κ1) is 42.2. The molecule has 11 nitrogen and oxygen atoms in total. The van der Waals surface area contributed by atoms with Crippen molar-refractivity contribution in [3.05, 3.63) is 83.1 Å². The van der Waals surface area contributed by atoms with Gasteiger partial charge in [0.25, 0.3) is 11.8 Å². The normalized spacial score (nSPS) is 14.6. The summed E-state index contributed by atoms with van der Waals surface area (Å²) in [7, 11) is 5.30. The number of piperidine rings is 1. The molecule has 2 aliphatic rings. The Hall–Kier alpha value is -4.25. The molecule has 0 spiro atoms. The Morgan fingerprint density at radius 1 is 0.942 bits per heavy atom. The van der Waals surface area contributed by atoms with E-state index in [2.05, 4.69) is 33.4 Å². The second-order valence-electron chi connectivity index (χ2n) is 12.9. The largest absolute Gasteiger partial charge is 0.495 e. The number of ether oxygens (including phenoxy) is 3. The first-order valence-electron chi connectivity index (χ1n) is 17.4. The molecule has 2 fully saturated rings. The van der Waals surface area contributed by atoms with E-state index < -0.39 is 0 Å². The number of halogens is 2. The van der Waals surface area contributed by atoms with E-state index in [1.807, 2.05) is 37.3 Å². The number of hydrogen-bond donors (Lipinski definition) is 2. The highest BCUT2D eigenvalue weighted by atomic mass is 35.5. The Morgan fingerprint density at radius 2 is 1.67 bits per heavy atom. The van der Waals surface area contributed by atoms with Crippen molar-refractivity contribution in [2.24, 2.45) is 0 Å². The van der Waals surface area contributed by atoms with Crippen LogP contribution in [-0.4, -0.2) is 101 Å². The number of aryl methyl sites for hydroxylation is 1. The Kier molecular flexibility index (Phi) is 16.8. The first-order valence-corrected chi connectivity index (χ1v) is 17.4. The molecule has 5 rings (SSSR count). The predicted molar refractivity (Wildman–Crippen MR) is 210 cm³/mol. The van der Waals surface area contributed by atoms with Gasteiger partial charge in [-0.15, -0.1) is 24.8 Å². The number of anilines is 2. The minimum absolute atomic E-state index is 0. The molecule has 0 radical (unpaired) electrons. The summed E-state index contributed by atoms with van der Waals surface area (Å²) in [5, 5.41) is 6.26. The highest BCUT2D eigenvalue weighted by molar-refractivity contribution is 6.09. The van der Waals surface area contributed by atoms with Gasteiger partial charge >= 0.3 is 0 Å². The third-order valence-corrected chi connectivity index (χ3v) is 9.26. The van der Waals surface area contributed by atoms with Crippen LogP contribution in [0.2, 0.25) is 0 Å². The van der Waals surface area contributed by atoms with Crippen LogP contribution in [0.1, 0.15) is 58.4 Å². The molecule has 2 N–H and O–H groups in total. The smallest absolute Gasteiger partial charge is 0.259 e. The summed E-state index contributed by atoms with van der Waals surface area (Å²) in [5.41, 5.74) is 3.62. The van der Waals surface area contributed by atoms with Crippen LogP contribution in [-0.2, 0) is 4.79 Å². The quantitative estimate of drug-likeness (QED) is 0.151. The van der Waals surface area contributed by atoms with Crippen LogP contribution in [0, 0.1) is 6.92 Å². The summed E-state index contributed by atoms with van der Waals surface area (Å²) < 4.78 is 18.0. The summed E-state index contributed by atoms with van der Waals surface area (Å²) >= 11 is 0. The average Bonchev–Trinajstić information content (AvgIpc) is 3.14. The number of piperazine rings is 1. The van der Waals surface area contributed by atoms with Crippen LogP contribution in [0.3, 0.4) is 0 Å². The number of likely N-dealkylation sites (N-methyl/N-ethyl adjacent to an activating group) is 1. The van der Waals surface area contributed by atoms with E-state index in [0.29, 0.717) is 52.8 Å². The maximum atomic E-state index is 13.8. The molecule has 0 bridgehead atoms. The number of carbonyl (C=O) groups is 2. The van der Waals surface area contributed by atoms with E-state index in [4.69, 9.17) is 14.2 Å². The zero-order chi connectivity index (χ0) is 35.5. The van der Waals surface area contributed by atoms with Crippen LogP contribution < -0.4 is 29.7 Å². The lowest BCUT2D eigenvalue weighted by atomic mass is 10.1. The number of hydrogen-bond acceptors (Lipinski definition) is 9. The van der Waals surface area contributed by atoms with Crippen molar-refractivity contribution in [3.8, 4) is 17.2 Å². The van der Waals surface area contributed by atoms with Crippen molar-refractivity contribution >= 4 is 53.9 Å². The fourth-order valence-corrected chi connectivity index (χ4v) is 6.21. The molecule has 2 aliphatic heterocycles. The molecule has 3 aromatic rings. The van der Waals surface area contributed by atoms with Gasteiger partial charge in [0.2, 0.25) is 0 Å². The Morgan fingerprint density at radius 3 is 2.38 bits per heavy atom. The topological polar surface area (TPSA) is 113 Å². The SMILES string of the molecule is COc1cc(C(=O)N(C)c2ccc(C)cc2OCCCCC(=C=O)N2CCN(C)CC2)ccc1NC(=O)c1ccccc1OC1CCNCC1.Cl.Cl. The molecule has 0 atom stereocenters. The van der Waals surface area contributed by atoms with E-state index in [1.54, 1.807) is 42.3 Å². The highest BCUT2D eigenvalue weighted by Gasteiger charge is 2.23. The summed E-state index contributed by atoms with van der Waals surface area (Å²) in [4.78, 5) is 44.7. The Balaban J connectivity index is 0.00000364. The van der Waals surface area contributed by atoms with Crippen molar-refractivity contribution in [1.82, 2.24) is 15.1 Å². The molecule has 0 unspecified atom stereocenters. The van der Waals surface area contributed by atoms with Gasteiger partial charge < -0.3 is 39.5 Å². The highest BCUT2D eigenvalue weighted by Crippen LogP contribution is 2.33. The van der Waals surface area contributed by atoms with Crippen LogP contribution in [0.5, 0.6) is 17.2 Å². The number of carbonyl (C=O) groups excluding carboxylic acids is 3. The number of methoxy groups -OCH3 is 1. The third kappa shape index (κ3) is 11.1. The molecular formula is C39H51Cl2N5O6. The zero-order valence-corrected chi connectivity index (χ0v) is 32.1. The van der Waals surface area contributed by atoms with Gasteiger partial charge in [-0.2, -0.15) is 0 Å². The summed E-state index contributed by atoms with van der Waals surface area (Å²) in [6, 6.07) is 17.9. The number of benzene rings is 3. The number of rotatable bonds is 14. The minimum atomic E-state index is -0.330. The zero-order valence-electron chi connectivity index (χ0n) is 30.4. The fourth-order valence-electron chi connectivity index (χ4n) is 6.21. The number of unbranched alkanes of at least 4 members (excludes halogenated alkanes) is 1. The average molecular weight is 757 g/mol. The second-order valence-corrected chi connectivity index (χ2v) is 12.9. The molecular weight excluding hydrogens is 705 g/mol. The molecule has 0 saturated carbocycles. The van der Waals surface area contributed by atoms with E-state index in [0.717, 1.165) is 76.2 Å². The lowest BCUT2D eigenvalue weighted by molar-refractivity contribution is 0.0989. The molecule has 52 heavy (non-hydrogen) atoms. The molecule has 2 heterocycles. The van der Waals surface area contributed by atoms with Crippen molar-refractivity contribution in [2.45, 2.75) is 45.1 Å². The second kappa shape index (κ2) is 20.7. The van der Waals surface area contributed by atoms with E-state index in [9.17, 15) is 14.4 Å². The maximum Gasteiger partial charge on any atom is 0.259 e. The summed E-state index contributed by atoms with van der Waals surface area (Å²) in [5.74, 6) is 3.06. The third-order valence-electron chi connectivity index (χ3n) is 9.26. The molecule has 13 heteroatoms. The van der Waals surface area contributed by atoms with Crippen molar-refractivity contribution in [1.29, 1.82) is 0 Å². The number of allylic oxidation sites excluding steroid dienone is 1. The van der Waals surface area contributed by atoms with Gasteiger partial charge in [-0.3, -0.25) is 9.59 Å². The standard InChI is InChI=1S/C39H49N5O6.2ClH/c1-28-12-15-34(37(25-28)49-24-8-7-9-30(27-45)44-22-20-42(2)21-23-44)43(3)39(47)29-13-14-33(36(26-29)48-4)41-38(46)32-10-5-6-11-35(32)50-31-16-18-40-19-17-31;;/h5-6,10-15,25-26,31,40H,7-9,16-24H2,1-4H3,(H,41,46);2*1H. The van der Waals surface area contributed by atoms with E-state index in [1.165, 1.54) is 7.11 Å². The van der Waals surface area contributed by atoms with Gasteiger partial charge in [0, 0.05) is 38.8 Å². The van der Waals surface area contributed by atoms with Gasteiger partial charge in [0.05, 0.1) is 36.4 Å². The minimum Gasteiger partial charge on any atom is -0.495 e. The molecule has 2 saturated heterocycles. The van der Waals surface area contributed by atoms with E-state index >= 15 is 0 Å². The molecule has 282 valence electrons. The first-order chi connectivity index (χ1) is 24.3. The van der Waals surface area contributed by atoms with Gasteiger partial charge in [-0.25, -0.2) is 4.79 Å². The maximum absolute atomic E-state index is 13.8. The fraction of sp³-hybridized carbons (Fsp3) is 0.436. The van der Waals surface area contributed by atoms with Crippen molar-refractivity contribution in [3.63, 3.8) is 0 Å². The van der Waals surface area contributed by atoms with Crippen molar-refractivity contribution < 1.29 is 28.6 Å². The number of para-hydroxylation sites is 1. The lowest BCUT2D eigenvalue weighted by Gasteiger charge is -2.34. The number of nitrogens with one attached hydrogen (secondary N) is 2. The predicted octanol–water partition coefficient (Wildman–Crippen LogP) is 6.02. The molecule has 2 amide bonds. The Bertz CT molecular complexity index is 1690. The molecule has 3 aromatic carbocycles. The monoisotopic (exact) mass is 755 g/mol. The van der Waals surface area contributed by atoms with Gasteiger partial charge in [-0.1, -0.05) is 18.2 Å². The number of nitrogens with zero attached hydrogens (tertiary/aromatic N) is 3.